The summed E-state index contributed by atoms with van der Waals surface area (Å²) < 4.78 is 43.3. The summed E-state index contributed by atoms with van der Waals surface area (Å²) in [6, 6.07) is 8.31. The number of imidazole rings is 1. The van der Waals surface area contributed by atoms with Crippen LogP contribution in [0.25, 0.3) is 21.9 Å². The predicted molar refractivity (Wildman–Crippen MR) is 198 cm³/mol. The Kier molecular flexibility index (Phi) is 10.6. The third-order valence-corrected chi connectivity index (χ3v) is 11.5. The second-order valence-electron chi connectivity index (χ2n) is 14.5. The molecule has 0 aliphatic carbocycles. The minimum atomic E-state index is -4.75. The zero-order chi connectivity index (χ0) is 37.4. The van der Waals surface area contributed by atoms with E-state index in [4.69, 9.17) is 17.3 Å². The van der Waals surface area contributed by atoms with Crippen LogP contribution < -0.4 is 16.7 Å². The molecule has 0 spiro atoms. The number of pyridine rings is 1. The number of piperidine rings is 2. The first-order valence-corrected chi connectivity index (χ1v) is 18.6. The molecule has 0 unspecified atom stereocenters. The van der Waals surface area contributed by atoms with Crippen molar-refractivity contribution in [3.8, 4) is 0 Å². The molecule has 4 N–H and O–H groups in total. The van der Waals surface area contributed by atoms with Crippen LogP contribution in [0.4, 0.5) is 23.7 Å². The van der Waals surface area contributed by atoms with Gasteiger partial charge in [0, 0.05) is 63.2 Å². The molecule has 53 heavy (non-hydrogen) atoms. The molecule has 0 radical (unpaired) electrons. The largest absolute Gasteiger partial charge is 0.418 e. The highest BCUT2D eigenvalue weighted by Gasteiger charge is 2.37. The fourth-order valence-corrected chi connectivity index (χ4v) is 8.46. The molecule has 0 saturated carbocycles. The van der Waals surface area contributed by atoms with Crippen LogP contribution in [0.1, 0.15) is 49.3 Å². The summed E-state index contributed by atoms with van der Waals surface area (Å²) in [5.74, 6) is -0.353. The van der Waals surface area contributed by atoms with E-state index in [-0.39, 0.29) is 34.6 Å². The Hall–Kier alpha value is -4.34. The first-order valence-electron chi connectivity index (χ1n) is 18.3. The van der Waals surface area contributed by atoms with Crippen molar-refractivity contribution >= 4 is 51.2 Å². The number of anilines is 1. The Balaban J connectivity index is 1.06. The zero-order valence-electron chi connectivity index (χ0n) is 29.7. The molecule has 3 aliphatic rings. The number of nitrogens with one attached hydrogen (secondary N) is 2. The van der Waals surface area contributed by atoms with Crippen LogP contribution in [0.15, 0.2) is 47.4 Å². The number of likely N-dealkylation sites (N-methyl/N-ethyl adjacent to an activating group) is 1. The highest BCUT2D eigenvalue weighted by molar-refractivity contribution is 6.33. The fourth-order valence-electron chi connectivity index (χ4n) is 8.22. The maximum absolute atomic E-state index is 14.1. The van der Waals surface area contributed by atoms with E-state index in [1.54, 1.807) is 20.6 Å². The van der Waals surface area contributed by atoms with Gasteiger partial charge in [-0.05, 0) is 76.0 Å². The SMILES string of the molecule is CN1CCCN(C2CCN(C(=O)[C@@H](Cc3cc(Cl)c(N)c(C(F)(F)F)c3)NC(=O)N3CCC(n4c(=O)[nH]c5c6ccccc6ncc54)CC3)CC2)CC1. The third kappa shape index (κ3) is 7.83. The number of para-hydroxylation sites is 1. The van der Waals surface area contributed by atoms with Crippen molar-refractivity contribution in [2.24, 2.45) is 0 Å². The van der Waals surface area contributed by atoms with Gasteiger partial charge in [-0.1, -0.05) is 29.8 Å². The normalized spacial score (nSPS) is 19.5. The molecule has 3 amide bonds. The molecule has 1 atom stereocenters. The molecule has 3 saturated heterocycles. The van der Waals surface area contributed by atoms with Gasteiger partial charge in [-0.25, -0.2) is 9.59 Å². The van der Waals surface area contributed by atoms with E-state index in [0.717, 1.165) is 62.4 Å². The molecule has 3 aliphatic heterocycles. The minimum absolute atomic E-state index is 0.136. The Labute approximate surface area is 310 Å². The van der Waals surface area contributed by atoms with Crippen molar-refractivity contribution in [1.82, 2.24) is 39.5 Å². The molecule has 3 fully saturated rings. The number of H-pyrrole nitrogens is 1. The number of nitrogens with zero attached hydrogens (tertiary/aromatic N) is 6. The summed E-state index contributed by atoms with van der Waals surface area (Å²) in [5.41, 5.74) is 6.08. The van der Waals surface area contributed by atoms with Crippen molar-refractivity contribution in [2.45, 2.75) is 62.8 Å². The van der Waals surface area contributed by atoms with E-state index < -0.39 is 29.5 Å². The standard InChI is InChI=1S/C37H45ClF3N9O3/c1-46-11-4-12-47(18-17-46)24-7-13-48(14-8-24)34(51)30(21-23-19-27(37(39,40)41)32(42)28(38)20-23)44-35(52)49-15-9-25(10-16-49)50-31-22-43-29-6-3-2-5-26(29)33(31)45-36(50)53/h2-3,5-6,19-20,22,24-25,30H,4,7-18,21,42H2,1H3,(H,44,52)(H,45,53)/t30-/m1/s1. The van der Waals surface area contributed by atoms with E-state index in [0.29, 0.717) is 56.1 Å². The summed E-state index contributed by atoms with van der Waals surface area (Å²) in [4.78, 5) is 56.7. The molecule has 5 heterocycles. The number of aromatic amines is 1. The topological polar surface area (TPSA) is 136 Å². The summed E-state index contributed by atoms with van der Waals surface area (Å²) in [7, 11) is 2.12. The number of benzene rings is 2. The Morgan fingerprint density at radius 3 is 2.42 bits per heavy atom. The van der Waals surface area contributed by atoms with Crippen molar-refractivity contribution in [3.05, 3.63) is 69.2 Å². The number of hydrogen-bond acceptors (Lipinski definition) is 7. The number of amides is 3. The lowest BCUT2D eigenvalue weighted by molar-refractivity contribution is -0.137. The lowest BCUT2D eigenvalue weighted by atomic mass is 9.98. The molecular formula is C37H45ClF3N9O3. The van der Waals surface area contributed by atoms with Crippen LogP contribution in [0.2, 0.25) is 5.02 Å². The van der Waals surface area contributed by atoms with Gasteiger partial charge in [0.15, 0.2) is 0 Å². The van der Waals surface area contributed by atoms with Crippen LogP contribution >= 0.6 is 11.6 Å². The van der Waals surface area contributed by atoms with Crippen LogP contribution in [0.5, 0.6) is 0 Å². The fraction of sp³-hybridized carbons (Fsp3) is 0.514. The van der Waals surface area contributed by atoms with Gasteiger partial charge >= 0.3 is 17.9 Å². The number of rotatable bonds is 6. The first kappa shape index (κ1) is 37.0. The monoisotopic (exact) mass is 755 g/mol. The number of fused-ring (bicyclic) bond motifs is 3. The van der Waals surface area contributed by atoms with Crippen LogP contribution in [0, 0.1) is 0 Å². The maximum Gasteiger partial charge on any atom is 0.418 e. The summed E-state index contributed by atoms with van der Waals surface area (Å²) in [6.07, 6.45) is 0.320. The Bertz CT molecular complexity index is 2040. The van der Waals surface area contributed by atoms with Gasteiger partial charge in [-0.15, -0.1) is 0 Å². The smallest absolute Gasteiger partial charge is 0.397 e. The number of nitrogen functional groups attached to an aromatic ring is 1. The van der Waals surface area contributed by atoms with E-state index in [1.807, 2.05) is 24.3 Å². The van der Waals surface area contributed by atoms with Gasteiger partial charge in [-0.3, -0.25) is 19.2 Å². The highest BCUT2D eigenvalue weighted by atomic mass is 35.5. The maximum atomic E-state index is 14.1. The number of carbonyl (C=O) groups is 2. The molecule has 16 heteroatoms. The zero-order valence-corrected chi connectivity index (χ0v) is 30.4. The van der Waals surface area contributed by atoms with Crippen LogP contribution in [-0.4, -0.2) is 118 Å². The molecule has 284 valence electrons. The summed E-state index contributed by atoms with van der Waals surface area (Å²) in [6.45, 7) is 5.57. The Morgan fingerprint density at radius 2 is 1.68 bits per heavy atom. The van der Waals surface area contributed by atoms with Gasteiger partial charge in [0.05, 0.1) is 39.0 Å². The summed E-state index contributed by atoms with van der Waals surface area (Å²) in [5, 5.41) is 3.44. The number of carbonyl (C=O) groups excluding carboxylic acids is 2. The Morgan fingerprint density at radius 1 is 0.981 bits per heavy atom. The molecule has 2 aromatic heterocycles. The molecular weight excluding hydrogens is 711 g/mol. The molecule has 0 bridgehead atoms. The predicted octanol–water partition coefficient (Wildman–Crippen LogP) is 4.72. The van der Waals surface area contributed by atoms with Crippen LogP contribution in [0.3, 0.4) is 0 Å². The van der Waals surface area contributed by atoms with Gasteiger partial charge in [0.1, 0.15) is 6.04 Å². The van der Waals surface area contributed by atoms with Gasteiger partial charge in [0.2, 0.25) is 5.91 Å². The van der Waals surface area contributed by atoms with Crippen molar-refractivity contribution in [3.63, 3.8) is 0 Å². The average molecular weight is 756 g/mol. The number of halogens is 4. The van der Waals surface area contributed by atoms with E-state index in [2.05, 4.69) is 32.1 Å². The van der Waals surface area contributed by atoms with Crippen molar-refractivity contribution in [2.75, 3.05) is 65.1 Å². The number of nitrogens with two attached hydrogens (primary N) is 1. The van der Waals surface area contributed by atoms with E-state index in [9.17, 15) is 27.6 Å². The molecule has 7 rings (SSSR count). The van der Waals surface area contributed by atoms with Crippen molar-refractivity contribution < 1.29 is 22.8 Å². The summed E-state index contributed by atoms with van der Waals surface area (Å²) >= 11 is 6.15. The quantitative estimate of drug-likeness (QED) is 0.243. The number of urea groups is 1. The third-order valence-electron chi connectivity index (χ3n) is 11.2. The lowest BCUT2D eigenvalue weighted by Gasteiger charge is -2.39. The second kappa shape index (κ2) is 15.2. The number of likely N-dealkylation sites (tertiary alicyclic amines) is 2. The van der Waals surface area contributed by atoms with Gasteiger partial charge < -0.3 is 30.7 Å². The number of alkyl halides is 3. The second-order valence-corrected chi connectivity index (χ2v) is 15.0. The average Bonchev–Trinajstić information content (AvgIpc) is 3.33. The van der Waals surface area contributed by atoms with Gasteiger partial charge in [0.25, 0.3) is 0 Å². The molecule has 4 aromatic rings. The number of hydrogen-bond donors (Lipinski definition) is 3. The van der Waals surface area contributed by atoms with Gasteiger partial charge in [-0.2, -0.15) is 13.2 Å². The van der Waals surface area contributed by atoms with E-state index >= 15 is 0 Å². The molecule has 12 nitrogen and oxygen atoms in total. The minimum Gasteiger partial charge on any atom is -0.397 e. The molecule has 2 aromatic carbocycles. The first-order chi connectivity index (χ1) is 25.4. The van der Waals surface area contributed by atoms with Crippen molar-refractivity contribution in [1.29, 1.82) is 0 Å². The van der Waals surface area contributed by atoms with Crippen LogP contribution in [-0.2, 0) is 17.4 Å². The van der Waals surface area contributed by atoms with E-state index in [1.165, 1.54) is 6.07 Å². The lowest BCUT2D eigenvalue weighted by Crippen LogP contribution is -2.56. The highest BCUT2D eigenvalue weighted by Crippen LogP contribution is 2.38. The number of aromatic nitrogens is 3.